The number of Topliss-reactive ketones (excluding diaryl/α,β-unsaturated/α-hetero) is 2. The van der Waals surface area contributed by atoms with Crippen LogP contribution in [0.4, 0.5) is 0 Å². The molecule has 2 fully saturated rings. The molecular formula is C38H57BrN4O8. The lowest BCUT2D eigenvalue weighted by molar-refractivity contribution is -0.144. The standard InChI is InChI=1S/C19H28N2O4.C13H18N2O2.C6H11BrO2/c1-4-14-18-15(21(20-14)13(3)10-17(23)25-5-2)11-19(12-16(18)22)6-8-24-9-7-19;1-2-9-12-10(15-14-9)7-13(8-11(12)16)3-5-17-6-4-13;1-3-9-6(8)4-5(2)7/h13H,4-12H2,1-3H3;2-8H2,1H3,(H,14,15);5H,3-4H2,1-2H3. The number of aromatic nitrogens is 4. The third kappa shape index (κ3) is 10.4. The Balaban J connectivity index is 0.000000193. The van der Waals surface area contributed by atoms with E-state index in [9.17, 15) is 19.2 Å². The molecule has 0 saturated carbocycles. The van der Waals surface area contributed by atoms with Crippen molar-refractivity contribution in [2.45, 2.75) is 129 Å². The second-order valence-corrected chi connectivity index (χ2v) is 15.9. The van der Waals surface area contributed by atoms with Gasteiger partial charge in [0.15, 0.2) is 11.6 Å². The Morgan fingerprint density at radius 3 is 1.80 bits per heavy atom. The molecule has 12 nitrogen and oxygen atoms in total. The van der Waals surface area contributed by atoms with Crippen LogP contribution < -0.4 is 0 Å². The van der Waals surface area contributed by atoms with Crippen LogP contribution in [0, 0.1) is 10.8 Å². The van der Waals surface area contributed by atoms with Crippen LogP contribution in [0.15, 0.2) is 0 Å². The second kappa shape index (κ2) is 18.7. The Morgan fingerprint density at radius 2 is 1.29 bits per heavy atom. The quantitative estimate of drug-likeness (QED) is 0.221. The number of halogens is 1. The van der Waals surface area contributed by atoms with Gasteiger partial charge in [0.05, 0.1) is 60.3 Å². The minimum Gasteiger partial charge on any atom is -0.466 e. The number of aryl methyl sites for hydroxylation is 2. The smallest absolute Gasteiger partial charge is 0.307 e. The van der Waals surface area contributed by atoms with Crippen molar-refractivity contribution in [3.63, 3.8) is 0 Å². The van der Waals surface area contributed by atoms with Crippen molar-refractivity contribution in [3.8, 4) is 0 Å². The van der Waals surface area contributed by atoms with Gasteiger partial charge in [-0.05, 0) is 83.0 Å². The summed E-state index contributed by atoms with van der Waals surface area (Å²) < 4.78 is 22.6. The molecule has 0 bridgehead atoms. The van der Waals surface area contributed by atoms with E-state index >= 15 is 0 Å². The van der Waals surface area contributed by atoms with Crippen molar-refractivity contribution in [3.05, 3.63) is 33.9 Å². The number of ketones is 2. The van der Waals surface area contributed by atoms with Gasteiger partial charge >= 0.3 is 11.9 Å². The molecule has 4 aliphatic rings. The lowest BCUT2D eigenvalue weighted by Crippen LogP contribution is -2.38. The van der Waals surface area contributed by atoms with Crippen LogP contribution in [-0.2, 0) is 54.2 Å². The summed E-state index contributed by atoms with van der Waals surface area (Å²) in [5.41, 5.74) is 5.67. The van der Waals surface area contributed by atoms with Crippen LogP contribution >= 0.6 is 15.9 Å². The summed E-state index contributed by atoms with van der Waals surface area (Å²) in [5.74, 6) is 0.121. The first-order valence-electron chi connectivity index (χ1n) is 18.7. The maximum absolute atomic E-state index is 12.9. The van der Waals surface area contributed by atoms with E-state index in [2.05, 4.69) is 30.9 Å². The first-order chi connectivity index (χ1) is 24.4. The van der Waals surface area contributed by atoms with Crippen LogP contribution in [0.2, 0.25) is 0 Å². The van der Waals surface area contributed by atoms with E-state index in [1.807, 2.05) is 32.4 Å². The molecule has 2 aromatic rings. The highest BCUT2D eigenvalue weighted by atomic mass is 79.9. The summed E-state index contributed by atoms with van der Waals surface area (Å²) in [6.07, 6.45) is 9.18. The zero-order valence-corrected chi connectivity index (χ0v) is 33.0. The molecule has 13 heteroatoms. The van der Waals surface area contributed by atoms with Crippen LogP contribution in [0.3, 0.4) is 0 Å². The largest absolute Gasteiger partial charge is 0.466 e. The first kappa shape index (κ1) is 40.9. The maximum atomic E-state index is 12.9. The highest BCUT2D eigenvalue weighted by Crippen LogP contribution is 2.45. The molecule has 2 atom stereocenters. The number of nitrogens with one attached hydrogen (secondary N) is 1. The summed E-state index contributed by atoms with van der Waals surface area (Å²) in [4.78, 5) is 47.9. The van der Waals surface area contributed by atoms with E-state index in [4.69, 9.17) is 19.3 Å². The molecule has 4 heterocycles. The number of nitrogens with zero attached hydrogens (tertiary/aromatic N) is 3. The number of hydrogen-bond donors (Lipinski definition) is 1. The minimum atomic E-state index is -0.222. The summed E-state index contributed by atoms with van der Waals surface area (Å²) >= 11 is 3.24. The molecular weight excluding hydrogens is 720 g/mol. The number of rotatable bonds is 9. The Hall–Kier alpha value is -2.90. The Kier molecular flexibility index (Phi) is 15.0. The van der Waals surface area contributed by atoms with E-state index < -0.39 is 0 Å². The predicted octanol–water partition coefficient (Wildman–Crippen LogP) is 6.51. The molecule has 51 heavy (non-hydrogen) atoms. The summed E-state index contributed by atoms with van der Waals surface area (Å²) in [5, 5.41) is 12.0. The number of fused-ring (bicyclic) bond motifs is 2. The third-order valence-corrected chi connectivity index (χ3v) is 10.8. The summed E-state index contributed by atoms with van der Waals surface area (Å²) in [7, 11) is 0. The fourth-order valence-corrected chi connectivity index (χ4v) is 8.05. The lowest BCUT2D eigenvalue weighted by Gasteiger charge is -2.40. The van der Waals surface area contributed by atoms with E-state index in [1.54, 1.807) is 13.8 Å². The van der Waals surface area contributed by atoms with Crippen molar-refractivity contribution in [2.75, 3.05) is 39.6 Å². The van der Waals surface area contributed by atoms with Crippen molar-refractivity contribution in [1.29, 1.82) is 0 Å². The van der Waals surface area contributed by atoms with E-state index in [1.165, 1.54) is 0 Å². The number of carbonyl (C=O) groups excluding carboxylic acids is 4. The highest BCUT2D eigenvalue weighted by Gasteiger charge is 2.44. The van der Waals surface area contributed by atoms with Crippen molar-refractivity contribution in [2.24, 2.45) is 10.8 Å². The average Bonchev–Trinajstić information content (AvgIpc) is 3.67. The fourth-order valence-electron chi connectivity index (χ4n) is 7.79. The van der Waals surface area contributed by atoms with Crippen molar-refractivity contribution >= 4 is 39.4 Å². The molecule has 0 radical (unpaired) electrons. The number of aromatic amines is 1. The normalized spacial score (nSPS) is 19.8. The molecule has 2 aromatic heterocycles. The number of H-pyrrole nitrogens is 1. The number of esters is 2. The lowest BCUT2D eigenvalue weighted by atomic mass is 9.68. The molecule has 2 aliphatic carbocycles. The zero-order chi connectivity index (χ0) is 37.2. The van der Waals surface area contributed by atoms with E-state index in [0.717, 1.165) is 112 Å². The van der Waals surface area contributed by atoms with Gasteiger partial charge in [0.2, 0.25) is 0 Å². The van der Waals surface area contributed by atoms with Crippen molar-refractivity contribution < 1.29 is 38.1 Å². The average molecular weight is 778 g/mol. The SMILES string of the molecule is CCOC(=O)CC(C)Br.CCOC(=O)CC(C)n1nc(CC)c2c1CC1(CCOCC1)CC2=O.CCc1n[nH]c2c1C(=O)CC1(CCOCC1)C2. The Bertz CT molecular complexity index is 1500. The van der Waals surface area contributed by atoms with Gasteiger partial charge in [0.1, 0.15) is 0 Å². The number of hydrogen-bond acceptors (Lipinski definition) is 10. The van der Waals surface area contributed by atoms with E-state index in [0.29, 0.717) is 32.5 Å². The van der Waals surface area contributed by atoms with Gasteiger partial charge in [-0.15, -0.1) is 0 Å². The van der Waals surface area contributed by atoms with Gasteiger partial charge in [-0.1, -0.05) is 36.7 Å². The molecule has 6 rings (SSSR count). The second-order valence-electron chi connectivity index (χ2n) is 14.4. The number of carbonyl (C=O) groups is 4. The molecule has 2 saturated heterocycles. The van der Waals surface area contributed by atoms with Gasteiger partial charge in [0, 0.05) is 49.8 Å². The van der Waals surface area contributed by atoms with Crippen LogP contribution in [0.5, 0.6) is 0 Å². The molecule has 2 unspecified atom stereocenters. The Labute approximate surface area is 310 Å². The van der Waals surface area contributed by atoms with Gasteiger partial charge in [-0.3, -0.25) is 29.0 Å². The van der Waals surface area contributed by atoms with Gasteiger partial charge < -0.3 is 18.9 Å². The number of alkyl halides is 1. The van der Waals surface area contributed by atoms with Crippen LogP contribution in [-0.4, -0.2) is 88.0 Å². The fraction of sp³-hybridized carbons (Fsp3) is 0.737. The first-order valence-corrected chi connectivity index (χ1v) is 19.6. The minimum absolute atomic E-state index is 0.00518. The molecule has 2 spiro atoms. The number of ether oxygens (including phenoxy) is 4. The molecule has 284 valence electrons. The Morgan fingerprint density at radius 1 is 0.784 bits per heavy atom. The summed E-state index contributed by atoms with van der Waals surface area (Å²) in [6, 6.07) is -0.115. The molecule has 1 N–H and O–H groups in total. The maximum Gasteiger partial charge on any atom is 0.307 e. The monoisotopic (exact) mass is 776 g/mol. The van der Waals surface area contributed by atoms with Gasteiger partial charge in [-0.2, -0.15) is 10.2 Å². The third-order valence-electron chi connectivity index (χ3n) is 10.4. The summed E-state index contributed by atoms with van der Waals surface area (Å²) in [6.45, 7) is 15.4. The molecule has 0 amide bonds. The van der Waals surface area contributed by atoms with Crippen LogP contribution in [0.1, 0.15) is 142 Å². The highest BCUT2D eigenvalue weighted by molar-refractivity contribution is 9.09. The van der Waals surface area contributed by atoms with Crippen LogP contribution in [0.25, 0.3) is 0 Å². The molecule has 2 aliphatic heterocycles. The van der Waals surface area contributed by atoms with Crippen molar-refractivity contribution in [1.82, 2.24) is 20.0 Å². The predicted molar refractivity (Wildman–Crippen MR) is 195 cm³/mol. The topological polar surface area (TPSA) is 152 Å². The van der Waals surface area contributed by atoms with E-state index in [-0.39, 0.29) is 51.6 Å². The van der Waals surface area contributed by atoms with Gasteiger partial charge in [-0.25, -0.2) is 0 Å². The van der Waals surface area contributed by atoms with Gasteiger partial charge in [0.25, 0.3) is 0 Å². The zero-order valence-electron chi connectivity index (χ0n) is 31.4. The molecule has 0 aromatic carbocycles.